The van der Waals surface area contributed by atoms with Crippen molar-refractivity contribution >= 4 is 17.3 Å². The SMILES string of the molecule is CCNCc1cccc(Cl)c1N(CCO)CC(F)F. The molecule has 0 heterocycles. The van der Waals surface area contributed by atoms with Crippen molar-refractivity contribution in [2.75, 3.05) is 31.1 Å². The number of rotatable bonds is 8. The van der Waals surface area contributed by atoms with Crippen molar-refractivity contribution in [2.24, 2.45) is 0 Å². The van der Waals surface area contributed by atoms with Crippen LogP contribution in [0.25, 0.3) is 0 Å². The summed E-state index contributed by atoms with van der Waals surface area (Å²) in [5.41, 5.74) is 1.42. The number of benzene rings is 1. The summed E-state index contributed by atoms with van der Waals surface area (Å²) in [5, 5.41) is 12.6. The van der Waals surface area contributed by atoms with E-state index >= 15 is 0 Å². The van der Waals surface area contributed by atoms with Crippen molar-refractivity contribution in [3.05, 3.63) is 28.8 Å². The Bertz CT molecular complexity index is 391. The number of anilines is 1. The average Bonchev–Trinajstić information content (AvgIpc) is 2.35. The molecule has 0 unspecified atom stereocenters. The highest BCUT2D eigenvalue weighted by Gasteiger charge is 2.18. The summed E-state index contributed by atoms with van der Waals surface area (Å²) in [6.07, 6.45) is -2.48. The maximum Gasteiger partial charge on any atom is 0.255 e. The van der Waals surface area contributed by atoms with Crippen molar-refractivity contribution in [1.82, 2.24) is 5.32 Å². The summed E-state index contributed by atoms with van der Waals surface area (Å²) >= 11 is 6.13. The standard InChI is InChI=1S/C13H19ClF2N2O/c1-2-17-8-10-4-3-5-11(14)13(10)18(6-7-19)9-12(15)16/h3-5,12,17,19H,2,6-9H2,1H3. The number of nitrogens with one attached hydrogen (secondary N) is 1. The minimum absolute atomic E-state index is 0.132. The highest BCUT2D eigenvalue weighted by molar-refractivity contribution is 6.33. The third-order valence-corrected chi connectivity index (χ3v) is 2.99. The first-order valence-electron chi connectivity index (χ1n) is 6.22. The second-order valence-electron chi connectivity index (χ2n) is 4.09. The van der Waals surface area contributed by atoms with Crippen LogP contribution in [0.2, 0.25) is 5.02 Å². The Kier molecular flexibility index (Phi) is 7.05. The van der Waals surface area contributed by atoms with E-state index in [1.807, 2.05) is 13.0 Å². The fourth-order valence-corrected chi connectivity index (χ4v) is 2.21. The molecule has 19 heavy (non-hydrogen) atoms. The van der Waals surface area contributed by atoms with Crippen LogP contribution in [-0.4, -0.2) is 37.8 Å². The molecule has 0 bridgehead atoms. The molecule has 0 aliphatic rings. The molecule has 3 nitrogen and oxygen atoms in total. The number of para-hydroxylation sites is 1. The Balaban J connectivity index is 3.04. The molecule has 0 radical (unpaired) electrons. The van der Waals surface area contributed by atoms with E-state index in [1.165, 1.54) is 4.90 Å². The van der Waals surface area contributed by atoms with Crippen LogP contribution in [0, 0.1) is 0 Å². The Hall–Kier alpha value is -0.910. The highest BCUT2D eigenvalue weighted by Crippen LogP contribution is 2.30. The lowest BCUT2D eigenvalue weighted by atomic mass is 10.1. The van der Waals surface area contributed by atoms with Gasteiger partial charge >= 0.3 is 0 Å². The van der Waals surface area contributed by atoms with Gasteiger partial charge in [0.05, 0.1) is 23.9 Å². The molecule has 1 aromatic carbocycles. The second kappa shape index (κ2) is 8.30. The van der Waals surface area contributed by atoms with Crippen LogP contribution in [0.5, 0.6) is 0 Å². The first kappa shape index (κ1) is 16.1. The molecule has 0 saturated carbocycles. The summed E-state index contributed by atoms with van der Waals surface area (Å²) in [6, 6.07) is 5.31. The van der Waals surface area contributed by atoms with Crippen LogP contribution in [0.15, 0.2) is 18.2 Å². The molecule has 2 N–H and O–H groups in total. The molecule has 0 atom stereocenters. The smallest absolute Gasteiger partial charge is 0.255 e. The first-order chi connectivity index (χ1) is 9.10. The third-order valence-electron chi connectivity index (χ3n) is 2.68. The number of nitrogens with zero attached hydrogens (tertiary/aromatic N) is 1. The zero-order chi connectivity index (χ0) is 14.3. The number of aliphatic hydroxyl groups is 1. The minimum atomic E-state index is -2.48. The Morgan fingerprint density at radius 1 is 1.42 bits per heavy atom. The van der Waals surface area contributed by atoms with E-state index in [-0.39, 0.29) is 13.2 Å². The molecular formula is C13H19ClF2N2O. The van der Waals surface area contributed by atoms with Gasteiger partial charge in [-0.3, -0.25) is 0 Å². The molecule has 1 aromatic rings. The summed E-state index contributed by atoms with van der Waals surface area (Å²) in [6.45, 7) is 2.79. The maximum atomic E-state index is 12.6. The minimum Gasteiger partial charge on any atom is -0.395 e. The fourth-order valence-electron chi connectivity index (χ4n) is 1.90. The van der Waals surface area contributed by atoms with E-state index in [4.69, 9.17) is 16.7 Å². The van der Waals surface area contributed by atoms with E-state index in [0.29, 0.717) is 17.3 Å². The summed E-state index contributed by atoms with van der Waals surface area (Å²) in [5.74, 6) is 0. The zero-order valence-electron chi connectivity index (χ0n) is 10.9. The molecular weight excluding hydrogens is 274 g/mol. The van der Waals surface area contributed by atoms with E-state index in [9.17, 15) is 8.78 Å². The van der Waals surface area contributed by atoms with E-state index in [0.717, 1.165) is 12.1 Å². The van der Waals surface area contributed by atoms with Gasteiger partial charge in [-0.15, -0.1) is 0 Å². The lowest BCUT2D eigenvalue weighted by Crippen LogP contribution is -2.33. The van der Waals surface area contributed by atoms with Gasteiger partial charge in [0, 0.05) is 13.1 Å². The van der Waals surface area contributed by atoms with Crippen molar-refractivity contribution in [3.63, 3.8) is 0 Å². The van der Waals surface area contributed by atoms with E-state index < -0.39 is 13.0 Å². The maximum absolute atomic E-state index is 12.6. The number of hydrogen-bond donors (Lipinski definition) is 2. The predicted molar refractivity (Wildman–Crippen MR) is 74.1 cm³/mol. The van der Waals surface area contributed by atoms with Gasteiger partial charge in [0.1, 0.15) is 0 Å². The lowest BCUT2D eigenvalue weighted by Gasteiger charge is -2.27. The second-order valence-corrected chi connectivity index (χ2v) is 4.50. The largest absolute Gasteiger partial charge is 0.395 e. The molecule has 0 aromatic heterocycles. The van der Waals surface area contributed by atoms with Crippen molar-refractivity contribution in [1.29, 1.82) is 0 Å². The Morgan fingerprint density at radius 2 is 2.16 bits per heavy atom. The van der Waals surface area contributed by atoms with Gasteiger partial charge in [-0.25, -0.2) is 8.78 Å². The number of halogens is 3. The Labute approximate surface area is 117 Å². The highest BCUT2D eigenvalue weighted by atomic mass is 35.5. The molecule has 0 saturated heterocycles. The number of hydrogen-bond acceptors (Lipinski definition) is 3. The van der Waals surface area contributed by atoms with Gasteiger partial charge < -0.3 is 15.3 Å². The monoisotopic (exact) mass is 292 g/mol. The number of aliphatic hydroxyl groups excluding tert-OH is 1. The number of alkyl halides is 2. The lowest BCUT2D eigenvalue weighted by molar-refractivity contribution is 0.152. The third kappa shape index (κ3) is 4.93. The zero-order valence-corrected chi connectivity index (χ0v) is 11.6. The van der Waals surface area contributed by atoms with E-state index in [1.54, 1.807) is 12.1 Å². The van der Waals surface area contributed by atoms with Crippen LogP contribution in [0.1, 0.15) is 12.5 Å². The molecule has 108 valence electrons. The summed E-state index contributed by atoms with van der Waals surface area (Å²) < 4.78 is 25.3. The molecule has 0 aliphatic heterocycles. The van der Waals surface area contributed by atoms with Gasteiger partial charge in [-0.2, -0.15) is 0 Å². The van der Waals surface area contributed by atoms with Crippen molar-refractivity contribution < 1.29 is 13.9 Å². The molecule has 0 aliphatic carbocycles. The van der Waals surface area contributed by atoms with Crippen LogP contribution in [0.4, 0.5) is 14.5 Å². The van der Waals surface area contributed by atoms with E-state index in [2.05, 4.69) is 5.32 Å². The predicted octanol–water partition coefficient (Wildman–Crippen LogP) is 2.51. The molecule has 1 rings (SSSR count). The van der Waals surface area contributed by atoms with Gasteiger partial charge in [0.15, 0.2) is 0 Å². The van der Waals surface area contributed by atoms with Gasteiger partial charge in [0.25, 0.3) is 6.43 Å². The Morgan fingerprint density at radius 3 is 2.74 bits per heavy atom. The molecule has 6 heteroatoms. The van der Waals surface area contributed by atoms with Gasteiger partial charge in [-0.1, -0.05) is 30.7 Å². The van der Waals surface area contributed by atoms with Crippen LogP contribution in [-0.2, 0) is 6.54 Å². The summed E-state index contributed by atoms with van der Waals surface area (Å²) in [4.78, 5) is 1.43. The quantitative estimate of drug-likeness (QED) is 0.773. The first-order valence-corrected chi connectivity index (χ1v) is 6.60. The van der Waals surface area contributed by atoms with Crippen molar-refractivity contribution in [2.45, 2.75) is 19.9 Å². The molecule has 0 amide bonds. The molecule has 0 fully saturated rings. The van der Waals surface area contributed by atoms with Gasteiger partial charge in [0.2, 0.25) is 0 Å². The van der Waals surface area contributed by atoms with Crippen LogP contribution >= 0.6 is 11.6 Å². The topological polar surface area (TPSA) is 35.5 Å². The fraction of sp³-hybridized carbons (Fsp3) is 0.538. The van der Waals surface area contributed by atoms with Crippen LogP contribution in [0.3, 0.4) is 0 Å². The average molecular weight is 293 g/mol. The van der Waals surface area contributed by atoms with Crippen molar-refractivity contribution in [3.8, 4) is 0 Å². The summed E-state index contributed by atoms with van der Waals surface area (Å²) in [7, 11) is 0. The normalized spacial score (nSPS) is 11.1. The molecule has 0 spiro atoms. The van der Waals surface area contributed by atoms with Gasteiger partial charge in [-0.05, 0) is 18.2 Å². The van der Waals surface area contributed by atoms with Crippen LogP contribution < -0.4 is 10.2 Å².